The third-order valence-corrected chi connectivity index (χ3v) is 3.22. The molecule has 2 aromatic rings. The van der Waals surface area contributed by atoms with Gasteiger partial charge in [0.1, 0.15) is 11.6 Å². The third-order valence-electron chi connectivity index (χ3n) is 3.22. The number of halogens is 2. The van der Waals surface area contributed by atoms with E-state index in [0.29, 0.717) is 17.9 Å². The minimum atomic E-state index is -0.356. The lowest BCUT2D eigenvalue weighted by Gasteiger charge is -2.24. The van der Waals surface area contributed by atoms with Crippen LogP contribution in [-0.4, -0.2) is 6.54 Å². The average molecular weight is 276 g/mol. The van der Waals surface area contributed by atoms with Crippen LogP contribution >= 0.6 is 0 Å². The van der Waals surface area contributed by atoms with Crippen molar-refractivity contribution in [2.75, 3.05) is 11.4 Å². The molecule has 0 saturated carbocycles. The van der Waals surface area contributed by atoms with Crippen LogP contribution in [0.25, 0.3) is 0 Å². The Morgan fingerprint density at radius 2 is 1.90 bits per heavy atom. The Morgan fingerprint density at radius 1 is 1.15 bits per heavy atom. The molecule has 106 valence electrons. The molecule has 0 fully saturated rings. The Bertz CT molecular complexity index is 597. The lowest BCUT2D eigenvalue weighted by molar-refractivity contribution is 0.618. The normalized spacial score (nSPS) is 12.2. The van der Waals surface area contributed by atoms with Gasteiger partial charge in [0.2, 0.25) is 0 Å². The summed E-state index contributed by atoms with van der Waals surface area (Å²) in [6.07, 6.45) is 0. The van der Waals surface area contributed by atoms with Crippen LogP contribution in [0, 0.1) is 11.6 Å². The van der Waals surface area contributed by atoms with Crippen LogP contribution in [-0.2, 0) is 0 Å². The first kappa shape index (κ1) is 14.5. The third kappa shape index (κ3) is 2.96. The van der Waals surface area contributed by atoms with Crippen molar-refractivity contribution in [3.63, 3.8) is 0 Å². The molecular formula is C16H18F2N2. The maximum atomic E-state index is 14.2. The van der Waals surface area contributed by atoms with E-state index in [4.69, 9.17) is 5.73 Å². The fourth-order valence-electron chi connectivity index (χ4n) is 2.16. The molecule has 0 aromatic heterocycles. The molecule has 0 heterocycles. The number of nitrogens with zero attached hydrogens (tertiary/aromatic N) is 1. The summed E-state index contributed by atoms with van der Waals surface area (Å²) in [5, 5.41) is 0. The van der Waals surface area contributed by atoms with Crippen LogP contribution in [0.5, 0.6) is 0 Å². The molecule has 20 heavy (non-hydrogen) atoms. The van der Waals surface area contributed by atoms with Crippen LogP contribution in [0.1, 0.15) is 25.5 Å². The van der Waals surface area contributed by atoms with Crippen LogP contribution in [0.3, 0.4) is 0 Å². The second kappa shape index (κ2) is 6.01. The highest BCUT2D eigenvalue weighted by molar-refractivity contribution is 5.64. The zero-order valence-corrected chi connectivity index (χ0v) is 11.6. The molecule has 2 N–H and O–H groups in total. The van der Waals surface area contributed by atoms with Gasteiger partial charge < -0.3 is 10.6 Å². The molecule has 0 aliphatic rings. The molecule has 0 aliphatic carbocycles. The molecule has 2 rings (SSSR count). The minimum absolute atomic E-state index is 0.220. The SMILES string of the molecule is CCN(c1cccc(F)c1)c1ccc(C(C)N)cc1F. The van der Waals surface area contributed by atoms with E-state index in [1.54, 1.807) is 36.1 Å². The first-order valence-electron chi connectivity index (χ1n) is 6.61. The Hall–Kier alpha value is -1.94. The summed E-state index contributed by atoms with van der Waals surface area (Å²) in [6.45, 7) is 4.24. The fourth-order valence-corrected chi connectivity index (χ4v) is 2.16. The summed E-state index contributed by atoms with van der Waals surface area (Å²) < 4.78 is 27.6. The maximum Gasteiger partial charge on any atom is 0.147 e. The topological polar surface area (TPSA) is 29.3 Å². The predicted molar refractivity (Wildman–Crippen MR) is 78.1 cm³/mol. The van der Waals surface area contributed by atoms with E-state index in [2.05, 4.69) is 0 Å². The van der Waals surface area contributed by atoms with E-state index in [-0.39, 0.29) is 17.7 Å². The Balaban J connectivity index is 2.42. The van der Waals surface area contributed by atoms with E-state index >= 15 is 0 Å². The lowest BCUT2D eigenvalue weighted by atomic mass is 10.1. The van der Waals surface area contributed by atoms with Gasteiger partial charge in [-0.2, -0.15) is 0 Å². The van der Waals surface area contributed by atoms with E-state index in [1.807, 2.05) is 6.92 Å². The van der Waals surface area contributed by atoms with Crippen molar-refractivity contribution < 1.29 is 8.78 Å². The van der Waals surface area contributed by atoms with Crippen LogP contribution in [0.2, 0.25) is 0 Å². The smallest absolute Gasteiger partial charge is 0.147 e. The molecule has 0 spiro atoms. The zero-order chi connectivity index (χ0) is 14.7. The van der Waals surface area contributed by atoms with E-state index in [1.165, 1.54) is 18.2 Å². The average Bonchev–Trinajstić information content (AvgIpc) is 2.41. The molecule has 2 aromatic carbocycles. The number of rotatable bonds is 4. The molecule has 0 aliphatic heterocycles. The van der Waals surface area contributed by atoms with Gasteiger partial charge in [-0.1, -0.05) is 12.1 Å². The monoisotopic (exact) mass is 276 g/mol. The van der Waals surface area contributed by atoms with Gasteiger partial charge in [-0.25, -0.2) is 8.78 Å². The Kier molecular flexibility index (Phi) is 4.35. The zero-order valence-electron chi connectivity index (χ0n) is 11.6. The van der Waals surface area contributed by atoms with Gasteiger partial charge in [-0.05, 0) is 49.7 Å². The summed E-state index contributed by atoms with van der Waals surface area (Å²) >= 11 is 0. The number of hydrogen-bond acceptors (Lipinski definition) is 2. The molecule has 1 atom stereocenters. The Labute approximate surface area is 117 Å². The van der Waals surface area contributed by atoms with E-state index in [0.717, 1.165) is 5.56 Å². The standard InChI is InChI=1S/C16H18F2N2/c1-3-20(14-6-4-5-13(17)10-14)16-8-7-12(11(2)19)9-15(16)18/h4-11H,3,19H2,1-2H3. The van der Waals surface area contributed by atoms with Gasteiger partial charge in [0, 0.05) is 18.3 Å². The van der Waals surface area contributed by atoms with Crippen molar-refractivity contribution in [3.05, 3.63) is 59.7 Å². The molecule has 1 unspecified atom stereocenters. The summed E-state index contributed by atoms with van der Waals surface area (Å²) in [6, 6.07) is 10.8. The van der Waals surface area contributed by atoms with Gasteiger partial charge >= 0.3 is 0 Å². The highest BCUT2D eigenvalue weighted by Gasteiger charge is 2.14. The highest BCUT2D eigenvalue weighted by atomic mass is 19.1. The van der Waals surface area contributed by atoms with Crippen LogP contribution in [0.4, 0.5) is 20.2 Å². The first-order chi connectivity index (χ1) is 9.52. The van der Waals surface area contributed by atoms with Gasteiger partial charge in [0.15, 0.2) is 0 Å². The molecule has 0 bridgehead atoms. The fraction of sp³-hybridized carbons (Fsp3) is 0.250. The summed E-state index contributed by atoms with van der Waals surface area (Å²) in [4.78, 5) is 1.73. The second-order valence-electron chi connectivity index (χ2n) is 4.72. The van der Waals surface area contributed by atoms with Gasteiger partial charge in [-0.15, -0.1) is 0 Å². The number of hydrogen-bond donors (Lipinski definition) is 1. The quantitative estimate of drug-likeness (QED) is 0.909. The Morgan fingerprint density at radius 3 is 2.45 bits per heavy atom. The van der Waals surface area contributed by atoms with E-state index < -0.39 is 0 Å². The highest BCUT2D eigenvalue weighted by Crippen LogP contribution is 2.29. The van der Waals surface area contributed by atoms with Crippen molar-refractivity contribution in [1.82, 2.24) is 0 Å². The van der Waals surface area contributed by atoms with Crippen LogP contribution < -0.4 is 10.6 Å². The van der Waals surface area contributed by atoms with E-state index in [9.17, 15) is 8.78 Å². The molecule has 0 saturated heterocycles. The van der Waals surface area contributed by atoms with Crippen LogP contribution in [0.15, 0.2) is 42.5 Å². The van der Waals surface area contributed by atoms with Crippen molar-refractivity contribution in [3.8, 4) is 0 Å². The minimum Gasteiger partial charge on any atom is -0.339 e. The summed E-state index contributed by atoms with van der Waals surface area (Å²) in [7, 11) is 0. The molecule has 4 heteroatoms. The molecule has 0 amide bonds. The van der Waals surface area contributed by atoms with Crippen molar-refractivity contribution in [2.45, 2.75) is 19.9 Å². The van der Waals surface area contributed by atoms with Crippen molar-refractivity contribution in [2.24, 2.45) is 5.73 Å². The number of anilines is 2. The number of benzene rings is 2. The van der Waals surface area contributed by atoms with Crippen molar-refractivity contribution in [1.29, 1.82) is 0 Å². The summed E-state index contributed by atoms with van der Waals surface area (Å²) in [5.74, 6) is -0.695. The van der Waals surface area contributed by atoms with Crippen molar-refractivity contribution >= 4 is 11.4 Å². The largest absolute Gasteiger partial charge is 0.339 e. The molecular weight excluding hydrogens is 258 g/mol. The first-order valence-corrected chi connectivity index (χ1v) is 6.61. The molecule has 2 nitrogen and oxygen atoms in total. The maximum absolute atomic E-state index is 14.2. The predicted octanol–water partition coefficient (Wildman–Crippen LogP) is 4.14. The second-order valence-corrected chi connectivity index (χ2v) is 4.72. The van der Waals surface area contributed by atoms with Gasteiger partial charge in [0.05, 0.1) is 5.69 Å². The van der Waals surface area contributed by atoms with Gasteiger partial charge in [0.25, 0.3) is 0 Å². The number of nitrogens with two attached hydrogens (primary N) is 1. The lowest BCUT2D eigenvalue weighted by Crippen LogP contribution is -2.18. The van der Waals surface area contributed by atoms with Gasteiger partial charge in [-0.3, -0.25) is 0 Å². The summed E-state index contributed by atoms with van der Waals surface area (Å²) in [5.41, 5.74) is 7.52. The molecule has 0 radical (unpaired) electrons.